The molecular weight excluding hydrogens is 330 g/mol. The molecule has 1 aromatic carbocycles. The van der Waals surface area contributed by atoms with Crippen molar-refractivity contribution >= 4 is 27.6 Å². The Labute approximate surface area is 132 Å². The minimum absolute atomic E-state index is 0.0307. The summed E-state index contributed by atoms with van der Waals surface area (Å²) in [6.07, 6.45) is 4.19. The van der Waals surface area contributed by atoms with Gasteiger partial charge in [0.1, 0.15) is 0 Å². The first-order chi connectivity index (χ1) is 10.1. The Morgan fingerprint density at radius 3 is 2.81 bits per heavy atom. The van der Waals surface area contributed by atoms with Gasteiger partial charge in [-0.2, -0.15) is 0 Å². The second-order valence-corrected chi connectivity index (χ2v) is 6.33. The predicted molar refractivity (Wildman–Crippen MR) is 87.1 cm³/mol. The van der Waals surface area contributed by atoms with Crippen LogP contribution in [0.2, 0.25) is 0 Å². The normalized spacial score (nSPS) is 14.0. The minimum atomic E-state index is -0.0307. The summed E-state index contributed by atoms with van der Waals surface area (Å²) in [6, 6.07) is 12.1. The highest BCUT2D eigenvalue weighted by atomic mass is 79.9. The number of halogens is 1. The van der Waals surface area contributed by atoms with E-state index in [1.165, 1.54) is 0 Å². The summed E-state index contributed by atoms with van der Waals surface area (Å²) in [5.74, 6) is 0. The number of carbonyl (C=O) groups excluding carboxylic acids is 1. The summed E-state index contributed by atoms with van der Waals surface area (Å²) in [7, 11) is 2.01. The van der Waals surface area contributed by atoms with Crippen LogP contribution in [-0.4, -0.2) is 21.5 Å². The van der Waals surface area contributed by atoms with Crippen LogP contribution in [0, 0.1) is 0 Å². The average Bonchev–Trinajstić information content (AvgIpc) is 3.20. The van der Waals surface area contributed by atoms with Gasteiger partial charge in [0.25, 0.3) is 0 Å². The fraction of sp³-hybridized carbons (Fsp3) is 0.312. The van der Waals surface area contributed by atoms with Crippen molar-refractivity contribution in [2.24, 2.45) is 7.05 Å². The van der Waals surface area contributed by atoms with Gasteiger partial charge in [-0.1, -0.05) is 22.0 Å². The van der Waals surface area contributed by atoms with Crippen LogP contribution in [-0.2, 0) is 13.6 Å². The second kappa shape index (κ2) is 5.93. The lowest BCUT2D eigenvalue weighted by atomic mass is 10.3. The van der Waals surface area contributed by atoms with Crippen LogP contribution in [0.4, 0.5) is 10.5 Å². The van der Waals surface area contributed by atoms with E-state index in [0.717, 1.165) is 28.7 Å². The van der Waals surface area contributed by atoms with Gasteiger partial charge in [-0.25, -0.2) is 4.79 Å². The van der Waals surface area contributed by atoms with E-state index >= 15 is 0 Å². The van der Waals surface area contributed by atoms with Crippen molar-refractivity contribution < 1.29 is 4.79 Å². The van der Waals surface area contributed by atoms with E-state index in [1.54, 1.807) is 0 Å². The molecule has 0 radical (unpaired) electrons. The molecule has 0 spiro atoms. The Morgan fingerprint density at radius 2 is 2.19 bits per heavy atom. The third-order valence-electron chi connectivity index (χ3n) is 3.71. The Balaban J connectivity index is 1.72. The van der Waals surface area contributed by atoms with Crippen molar-refractivity contribution in [3.05, 3.63) is 52.8 Å². The Morgan fingerprint density at radius 1 is 1.38 bits per heavy atom. The molecule has 1 aliphatic rings. The number of aromatic nitrogens is 1. The molecule has 110 valence electrons. The highest BCUT2D eigenvalue weighted by Crippen LogP contribution is 2.29. The van der Waals surface area contributed by atoms with Gasteiger partial charge < -0.3 is 14.8 Å². The van der Waals surface area contributed by atoms with E-state index in [4.69, 9.17) is 0 Å². The van der Waals surface area contributed by atoms with Crippen molar-refractivity contribution in [2.75, 3.05) is 5.32 Å². The van der Waals surface area contributed by atoms with Gasteiger partial charge in [0.2, 0.25) is 0 Å². The maximum absolute atomic E-state index is 12.5. The molecule has 0 bridgehead atoms. The SMILES string of the molecule is Cn1cccc1CN(C(=O)Nc1cccc(Br)c1)C1CC1. The van der Waals surface area contributed by atoms with Crippen molar-refractivity contribution in [1.29, 1.82) is 0 Å². The number of hydrogen-bond acceptors (Lipinski definition) is 1. The minimum Gasteiger partial charge on any atom is -0.353 e. The first-order valence-corrected chi connectivity index (χ1v) is 7.86. The molecule has 5 heteroatoms. The number of anilines is 1. The quantitative estimate of drug-likeness (QED) is 0.892. The number of carbonyl (C=O) groups is 1. The van der Waals surface area contributed by atoms with Gasteiger partial charge in [-0.3, -0.25) is 0 Å². The van der Waals surface area contributed by atoms with Gasteiger partial charge >= 0.3 is 6.03 Å². The highest BCUT2D eigenvalue weighted by molar-refractivity contribution is 9.10. The second-order valence-electron chi connectivity index (χ2n) is 5.41. The summed E-state index contributed by atoms with van der Waals surface area (Å²) in [4.78, 5) is 14.5. The molecule has 0 saturated heterocycles. The van der Waals surface area contributed by atoms with Crippen LogP contribution >= 0.6 is 15.9 Å². The average molecular weight is 348 g/mol. The number of urea groups is 1. The summed E-state index contributed by atoms with van der Waals surface area (Å²) in [5, 5.41) is 2.98. The van der Waals surface area contributed by atoms with Gasteiger partial charge in [0.05, 0.1) is 6.54 Å². The third kappa shape index (κ3) is 3.47. The standard InChI is InChI=1S/C16H18BrN3O/c1-19-9-3-6-15(19)11-20(14-7-8-14)16(21)18-13-5-2-4-12(17)10-13/h2-6,9-10,14H,7-8,11H2,1H3,(H,18,21). The lowest BCUT2D eigenvalue weighted by Gasteiger charge is -2.23. The number of aryl methyl sites for hydroxylation is 1. The molecular formula is C16H18BrN3O. The van der Waals surface area contributed by atoms with Gasteiger partial charge in [-0.15, -0.1) is 0 Å². The first kappa shape index (κ1) is 14.2. The number of nitrogens with one attached hydrogen (secondary N) is 1. The maximum atomic E-state index is 12.5. The van der Waals surface area contributed by atoms with Crippen LogP contribution in [0.15, 0.2) is 47.1 Å². The Kier molecular flexibility index (Phi) is 4.01. The molecule has 21 heavy (non-hydrogen) atoms. The topological polar surface area (TPSA) is 37.3 Å². The monoisotopic (exact) mass is 347 g/mol. The van der Waals surface area contributed by atoms with Gasteiger partial charge in [0.15, 0.2) is 0 Å². The molecule has 0 aliphatic heterocycles. The number of rotatable bonds is 4. The van der Waals surface area contributed by atoms with E-state index in [9.17, 15) is 4.79 Å². The lowest BCUT2D eigenvalue weighted by Crippen LogP contribution is -2.36. The molecule has 0 unspecified atom stereocenters. The summed E-state index contributed by atoms with van der Waals surface area (Å²) < 4.78 is 3.02. The number of hydrogen-bond donors (Lipinski definition) is 1. The lowest BCUT2D eigenvalue weighted by molar-refractivity contribution is 0.205. The number of benzene rings is 1. The van der Waals surface area contributed by atoms with Crippen LogP contribution in [0.3, 0.4) is 0 Å². The van der Waals surface area contributed by atoms with E-state index in [-0.39, 0.29) is 6.03 Å². The van der Waals surface area contributed by atoms with Crippen molar-refractivity contribution in [1.82, 2.24) is 9.47 Å². The summed E-state index contributed by atoms with van der Waals surface area (Å²) in [5.41, 5.74) is 1.96. The molecule has 1 heterocycles. The molecule has 4 nitrogen and oxygen atoms in total. The highest BCUT2D eigenvalue weighted by Gasteiger charge is 2.33. The fourth-order valence-corrected chi connectivity index (χ4v) is 2.75. The zero-order valence-electron chi connectivity index (χ0n) is 11.9. The third-order valence-corrected chi connectivity index (χ3v) is 4.20. The van der Waals surface area contributed by atoms with Crippen LogP contribution in [0.1, 0.15) is 18.5 Å². The molecule has 1 N–H and O–H groups in total. The first-order valence-electron chi connectivity index (χ1n) is 7.07. The summed E-state index contributed by atoms with van der Waals surface area (Å²) in [6.45, 7) is 0.647. The molecule has 3 rings (SSSR count). The van der Waals surface area contributed by atoms with Gasteiger partial charge in [-0.05, 0) is 43.2 Å². The largest absolute Gasteiger partial charge is 0.353 e. The maximum Gasteiger partial charge on any atom is 0.322 e. The molecule has 1 aliphatic carbocycles. The van der Waals surface area contributed by atoms with E-state index < -0.39 is 0 Å². The van der Waals surface area contributed by atoms with E-state index in [0.29, 0.717) is 12.6 Å². The van der Waals surface area contributed by atoms with Crippen molar-refractivity contribution in [2.45, 2.75) is 25.4 Å². The molecule has 1 aromatic heterocycles. The van der Waals surface area contributed by atoms with Gasteiger partial charge in [0, 0.05) is 35.1 Å². The smallest absolute Gasteiger partial charge is 0.322 e. The molecule has 2 aromatic rings. The molecule has 2 amide bonds. The predicted octanol–water partition coefficient (Wildman–Crippen LogP) is 3.98. The van der Waals surface area contributed by atoms with E-state index in [2.05, 4.69) is 31.9 Å². The van der Waals surface area contributed by atoms with Crippen molar-refractivity contribution in [3.8, 4) is 0 Å². The van der Waals surface area contributed by atoms with Crippen LogP contribution in [0.25, 0.3) is 0 Å². The number of amides is 2. The fourth-order valence-electron chi connectivity index (χ4n) is 2.35. The Bertz CT molecular complexity index is 648. The van der Waals surface area contributed by atoms with E-state index in [1.807, 2.05) is 48.5 Å². The zero-order valence-corrected chi connectivity index (χ0v) is 13.5. The number of nitrogens with zero attached hydrogens (tertiary/aromatic N) is 2. The molecule has 1 saturated carbocycles. The van der Waals surface area contributed by atoms with Crippen LogP contribution in [0.5, 0.6) is 0 Å². The Hall–Kier alpha value is -1.75. The van der Waals surface area contributed by atoms with Crippen molar-refractivity contribution in [3.63, 3.8) is 0 Å². The van der Waals surface area contributed by atoms with Crippen LogP contribution < -0.4 is 5.32 Å². The molecule has 0 atom stereocenters. The summed E-state index contributed by atoms with van der Waals surface area (Å²) >= 11 is 3.42. The zero-order chi connectivity index (χ0) is 14.8. The molecule has 1 fully saturated rings.